The first-order chi connectivity index (χ1) is 5.56. The topological polar surface area (TPSA) is 16.8 Å². The minimum absolute atomic E-state index is 0.193. The zero-order valence-corrected chi connectivity index (χ0v) is 8.33. The first kappa shape index (κ1) is 9.17. The van der Waals surface area contributed by atoms with Crippen LogP contribution in [0.1, 0.15) is 32.9 Å². The Labute approximate surface area is 74.2 Å². The van der Waals surface area contributed by atoms with Crippen LogP contribution in [0.2, 0.25) is 0 Å². The van der Waals surface area contributed by atoms with Gasteiger partial charge in [-0.1, -0.05) is 25.5 Å². The number of hydrogen-bond donors (Lipinski definition) is 0. The van der Waals surface area contributed by atoms with E-state index in [1.807, 2.05) is 24.0 Å². The molecule has 1 heterocycles. The summed E-state index contributed by atoms with van der Waals surface area (Å²) in [5.74, 6) is 0. The highest BCUT2D eigenvalue weighted by Crippen LogP contribution is 2.23. The largest absolute Gasteiger partial charge is 0.196 e. The smallest absolute Gasteiger partial charge is 0.0938 e. The van der Waals surface area contributed by atoms with Crippen molar-refractivity contribution >= 4 is 0 Å². The summed E-state index contributed by atoms with van der Waals surface area (Å²) in [6.45, 7) is 6.62. The van der Waals surface area contributed by atoms with Crippen molar-refractivity contribution in [3.8, 4) is 0 Å². The zero-order chi connectivity index (χ0) is 9.19. The molecule has 0 aromatic carbocycles. The summed E-state index contributed by atoms with van der Waals surface area (Å²) < 4.78 is 1.85. The Hall–Kier alpha value is -0.920. The summed E-state index contributed by atoms with van der Waals surface area (Å²) in [6.07, 6.45) is 3.07. The number of rotatable bonds is 2. The van der Waals surface area contributed by atoms with Crippen LogP contribution in [-0.4, -0.2) is 5.10 Å². The Morgan fingerprint density at radius 2 is 2.17 bits per heavy atom. The highest BCUT2D eigenvalue weighted by molar-refractivity contribution is 5.09. The van der Waals surface area contributed by atoms with E-state index in [0.717, 1.165) is 12.1 Å². The lowest BCUT2D eigenvalue weighted by Crippen LogP contribution is -2.35. The highest BCUT2D eigenvalue weighted by Gasteiger charge is 2.21. The standard InChI is InChI=1S/C10H17N2/c1-5-10(2,3)9-7-6-8-12(4)11-9/h6-8H,5H2,1-4H3/q+1. The number of hydrogen-bond acceptors (Lipinski definition) is 1. The SMILES string of the molecule is CCC(C)(C)c1ccc[n+](C)n1. The molecule has 1 rings (SSSR count). The summed E-state index contributed by atoms with van der Waals surface area (Å²) in [7, 11) is 1.95. The molecule has 0 bridgehead atoms. The van der Waals surface area contributed by atoms with Crippen LogP contribution in [-0.2, 0) is 12.5 Å². The molecule has 0 aliphatic carbocycles. The van der Waals surface area contributed by atoms with E-state index >= 15 is 0 Å². The monoisotopic (exact) mass is 165 g/mol. The average Bonchev–Trinajstić information content (AvgIpc) is 2.05. The average molecular weight is 165 g/mol. The number of nitrogens with zero attached hydrogens (tertiary/aromatic N) is 2. The molecule has 2 heteroatoms. The molecule has 1 aromatic rings. The quantitative estimate of drug-likeness (QED) is 0.608. The summed E-state index contributed by atoms with van der Waals surface area (Å²) in [6, 6.07) is 4.13. The molecule has 2 nitrogen and oxygen atoms in total. The minimum atomic E-state index is 0.193. The van der Waals surface area contributed by atoms with E-state index < -0.39 is 0 Å². The van der Waals surface area contributed by atoms with E-state index in [4.69, 9.17) is 0 Å². The van der Waals surface area contributed by atoms with E-state index in [0.29, 0.717) is 0 Å². The van der Waals surface area contributed by atoms with E-state index in [1.54, 1.807) is 0 Å². The van der Waals surface area contributed by atoms with Gasteiger partial charge in [-0.25, -0.2) is 0 Å². The molecular formula is C10H17N2+. The van der Waals surface area contributed by atoms with Crippen molar-refractivity contribution in [3.05, 3.63) is 24.0 Å². The molecule has 0 N–H and O–H groups in total. The van der Waals surface area contributed by atoms with Crippen LogP contribution in [0.3, 0.4) is 0 Å². The molecule has 66 valence electrons. The van der Waals surface area contributed by atoms with Crippen LogP contribution in [0, 0.1) is 0 Å². The molecule has 0 unspecified atom stereocenters. The van der Waals surface area contributed by atoms with Crippen molar-refractivity contribution < 1.29 is 4.68 Å². The van der Waals surface area contributed by atoms with Crippen molar-refractivity contribution in [1.82, 2.24) is 5.10 Å². The van der Waals surface area contributed by atoms with Gasteiger partial charge >= 0.3 is 0 Å². The van der Waals surface area contributed by atoms with Crippen LogP contribution in [0.25, 0.3) is 0 Å². The van der Waals surface area contributed by atoms with Crippen molar-refractivity contribution in [3.63, 3.8) is 0 Å². The predicted octanol–water partition coefficient (Wildman–Crippen LogP) is 1.59. The lowest BCUT2D eigenvalue weighted by Gasteiger charge is -2.19. The maximum Gasteiger partial charge on any atom is 0.196 e. The molecule has 0 amide bonds. The first-order valence-electron chi connectivity index (χ1n) is 4.40. The van der Waals surface area contributed by atoms with Gasteiger partial charge in [0.15, 0.2) is 13.2 Å². The van der Waals surface area contributed by atoms with Gasteiger partial charge in [0, 0.05) is 11.5 Å². The van der Waals surface area contributed by atoms with Crippen molar-refractivity contribution in [2.24, 2.45) is 7.05 Å². The maximum atomic E-state index is 4.43. The van der Waals surface area contributed by atoms with Crippen molar-refractivity contribution in [2.45, 2.75) is 32.6 Å². The Morgan fingerprint density at radius 3 is 2.67 bits per heavy atom. The van der Waals surface area contributed by atoms with Crippen molar-refractivity contribution in [1.29, 1.82) is 0 Å². The molecule has 1 aromatic heterocycles. The molecule has 0 spiro atoms. The molecule has 0 radical (unpaired) electrons. The molecule has 0 saturated heterocycles. The number of aryl methyl sites for hydroxylation is 1. The summed E-state index contributed by atoms with van der Waals surface area (Å²) >= 11 is 0. The summed E-state index contributed by atoms with van der Waals surface area (Å²) in [5.41, 5.74) is 1.36. The third kappa shape index (κ3) is 1.81. The molecule has 0 atom stereocenters. The normalized spacial score (nSPS) is 11.7. The third-order valence-corrected chi connectivity index (χ3v) is 2.40. The second-order valence-corrected chi connectivity index (χ2v) is 3.80. The van der Waals surface area contributed by atoms with Crippen LogP contribution in [0.5, 0.6) is 0 Å². The van der Waals surface area contributed by atoms with Gasteiger partial charge in [0.1, 0.15) is 5.69 Å². The van der Waals surface area contributed by atoms with Crippen LogP contribution < -0.4 is 4.68 Å². The van der Waals surface area contributed by atoms with Gasteiger partial charge in [0.05, 0.1) is 0 Å². The fourth-order valence-electron chi connectivity index (χ4n) is 1.04. The zero-order valence-electron chi connectivity index (χ0n) is 8.33. The van der Waals surface area contributed by atoms with Gasteiger partial charge in [0.25, 0.3) is 0 Å². The molecule has 0 aliphatic heterocycles. The van der Waals surface area contributed by atoms with Crippen molar-refractivity contribution in [2.75, 3.05) is 0 Å². The summed E-state index contributed by atoms with van der Waals surface area (Å²) in [5, 5.41) is 4.43. The lowest BCUT2D eigenvalue weighted by atomic mass is 9.86. The molecule has 12 heavy (non-hydrogen) atoms. The van der Waals surface area contributed by atoms with Gasteiger partial charge in [0.2, 0.25) is 0 Å². The van der Waals surface area contributed by atoms with E-state index in [2.05, 4.69) is 31.9 Å². The van der Waals surface area contributed by atoms with E-state index in [-0.39, 0.29) is 5.41 Å². The van der Waals surface area contributed by atoms with E-state index in [1.165, 1.54) is 0 Å². The maximum absolute atomic E-state index is 4.43. The van der Waals surface area contributed by atoms with Crippen LogP contribution >= 0.6 is 0 Å². The van der Waals surface area contributed by atoms with Gasteiger partial charge in [-0.3, -0.25) is 0 Å². The Kier molecular flexibility index (Phi) is 2.46. The fraction of sp³-hybridized carbons (Fsp3) is 0.600. The molecule has 0 saturated carbocycles. The lowest BCUT2D eigenvalue weighted by molar-refractivity contribution is -0.731. The molecular weight excluding hydrogens is 148 g/mol. The Morgan fingerprint density at radius 1 is 1.50 bits per heavy atom. The second kappa shape index (κ2) is 3.21. The molecule has 0 aliphatic rings. The number of aromatic nitrogens is 2. The van der Waals surface area contributed by atoms with Crippen LogP contribution in [0.4, 0.5) is 0 Å². The fourth-order valence-corrected chi connectivity index (χ4v) is 1.04. The Balaban J connectivity index is 3.03. The summed E-state index contributed by atoms with van der Waals surface area (Å²) in [4.78, 5) is 0. The van der Waals surface area contributed by atoms with E-state index in [9.17, 15) is 0 Å². The van der Waals surface area contributed by atoms with Gasteiger partial charge in [-0.15, -0.1) is 0 Å². The van der Waals surface area contributed by atoms with Gasteiger partial charge < -0.3 is 0 Å². The van der Waals surface area contributed by atoms with Gasteiger partial charge in [-0.2, -0.15) is 0 Å². The minimum Gasteiger partial charge on any atom is -0.0938 e. The van der Waals surface area contributed by atoms with Gasteiger partial charge in [-0.05, 0) is 17.6 Å². The first-order valence-corrected chi connectivity index (χ1v) is 4.40. The van der Waals surface area contributed by atoms with Crippen LogP contribution in [0.15, 0.2) is 18.3 Å². The third-order valence-electron chi connectivity index (χ3n) is 2.40. The molecule has 0 fully saturated rings. The second-order valence-electron chi connectivity index (χ2n) is 3.80. The predicted molar refractivity (Wildman–Crippen MR) is 48.7 cm³/mol. The highest BCUT2D eigenvalue weighted by atomic mass is 15.2. The Bertz CT molecular complexity index is 266.